The topological polar surface area (TPSA) is 22.1 Å². The van der Waals surface area contributed by atoms with Crippen LogP contribution in [0, 0.1) is 0 Å². The Morgan fingerprint density at radius 3 is 2.80 bits per heavy atom. The SMILES string of the molecule is CCOC1(c2ncc(CCl)s2)CCCC1. The lowest BCUT2D eigenvalue weighted by atomic mass is 10.0. The lowest BCUT2D eigenvalue weighted by Gasteiger charge is -2.26. The molecule has 2 rings (SSSR count). The van der Waals surface area contributed by atoms with E-state index in [2.05, 4.69) is 11.9 Å². The third-order valence-corrected chi connectivity index (χ3v) is 4.54. The predicted octanol–water partition coefficient (Wildman–Crippen LogP) is 3.69. The van der Waals surface area contributed by atoms with E-state index < -0.39 is 0 Å². The van der Waals surface area contributed by atoms with E-state index >= 15 is 0 Å². The van der Waals surface area contributed by atoms with Gasteiger partial charge in [0.15, 0.2) is 0 Å². The molecule has 1 aromatic rings. The van der Waals surface area contributed by atoms with Crippen molar-refractivity contribution in [1.82, 2.24) is 4.98 Å². The Balaban J connectivity index is 2.23. The summed E-state index contributed by atoms with van der Waals surface area (Å²) in [6.45, 7) is 2.81. The van der Waals surface area contributed by atoms with Crippen LogP contribution in [0.4, 0.5) is 0 Å². The van der Waals surface area contributed by atoms with Crippen molar-refractivity contribution in [2.24, 2.45) is 0 Å². The van der Waals surface area contributed by atoms with E-state index in [1.165, 1.54) is 12.8 Å². The summed E-state index contributed by atoms with van der Waals surface area (Å²) in [4.78, 5) is 5.61. The van der Waals surface area contributed by atoms with E-state index in [4.69, 9.17) is 16.3 Å². The van der Waals surface area contributed by atoms with Gasteiger partial charge in [-0.2, -0.15) is 0 Å². The van der Waals surface area contributed by atoms with E-state index in [0.29, 0.717) is 5.88 Å². The van der Waals surface area contributed by atoms with Gasteiger partial charge in [0.05, 0.1) is 5.88 Å². The Morgan fingerprint density at radius 2 is 2.27 bits per heavy atom. The lowest BCUT2D eigenvalue weighted by Crippen LogP contribution is -2.25. The summed E-state index contributed by atoms with van der Waals surface area (Å²) in [5.74, 6) is 0.555. The van der Waals surface area contributed by atoms with Crippen molar-refractivity contribution in [3.63, 3.8) is 0 Å². The minimum Gasteiger partial charge on any atom is -0.368 e. The van der Waals surface area contributed by atoms with Gasteiger partial charge in [-0.05, 0) is 19.8 Å². The first-order chi connectivity index (χ1) is 7.30. The largest absolute Gasteiger partial charge is 0.368 e. The number of nitrogens with zero attached hydrogens (tertiary/aromatic N) is 1. The van der Waals surface area contributed by atoms with Gasteiger partial charge in [-0.25, -0.2) is 4.98 Å². The van der Waals surface area contributed by atoms with Gasteiger partial charge in [0.25, 0.3) is 0 Å². The molecule has 1 heterocycles. The van der Waals surface area contributed by atoms with Crippen LogP contribution in [0.5, 0.6) is 0 Å². The number of rotatable bonds is 4. The maximum Gasteiger partial charge on any atom is 0.125 e. The monoisotopic (exact) mass is 245 g/mol. The number of aromatic nitrogens is 1. The fourth-order valence-corrected chi connectivity index (χ4v) is 3.42. The molecule has 0 saturated heterocycles. The Hall–Kier alpha value is -0.120. The molecule has 0 N–H and O–H groups in total. The van der Waals surface area contributed by atoms with Crippen LogP contribution in [-0.4, -0.2) is 11.6 Å². The predicted molar refractivity (Wildman–Crippen MR) is 63.4 cm³/mol. The third-order valence-electron chi connectivity index (χ3n) is 2.91. The first-order valence-electron chi connectivity index (χ1n) is 5.46. The van der Waals surface area contributed by atoms with Crippen molar-refractivity contribution in [2.45, 2.75) is 44.1 Å². The molecule has 0 aliphatic heterocycles. The second kappa shape index (κ2) is 4.81. The smallest absolute Gasteiger partial charge is 0.125 e. The average Bonchev–Trinajstić information content (AvgIpc) is 2.85. The summed E-state index contributed by atoms with van der Waals surface area (Å²) in [5.41, 5.74) is -0.0935. The molecule has 15 heavy (non-hydrogen) atoms. The molecule has 0 spiro atoms. The standard InChI is InChI=1S/C11H16ClNOS/c1-2-14-11(5-3-4-6-11)10-13-8-9(7-12)15-10/h8H,2-7H2,1H3. The summed E-state index contributed by atoms with van der Waals surface area (Å²) in [5, 5.41) is 1.12. The average molecular weight is 246 g/mol. The Labute approximate surface area is 99.6 Å². The highest BCUT2D eigenvalue weighted by molar-refractivity contribution is 7.11. The highest BCUT2D eigenvalue weighted by Gasteiger charge is 2.38. The van der Waals surface area contributed by atoms with Gasteiger partial charge in [-0.15, -0.1) is 22.9 Å². The van der Waals surface area contributed by atoms with E-state index in [1.807, 2.05) is 6.20 Å². The third kappa shape index (κ3) is 2.19. The zero-order valence-electron chi connectivity index (χ0n) is 8.96. The van der Waals surface area contributed by atoms with Crippen LogP contribution in [-0.2, 0) is 16.2 Å². The first-order valence-corrected chi connectivity index (χ1v) is 6.81. The number of halogens is 1. The molecule has 0 radical (unpaired) electrons. The zero-order chi connectivity index (χ0) is 10.7. The van der Waals surface area contributed by atoms with E-state index in [9.17, 15) is 0 Å². The second-order valence-electron chi connectivity index (χ2n) is 3.90. The summed E-state index contributed by atoms with van der Waals surface area (Å²) in [7, 11) is 0. The van der Waals surface area contributed by atoms with Crippen LogP contribution in [0.2, 0.25) is 0 Å². The quantitative estimate of drug-likeness (QED) is 0.755. The Kier molecular flexibility index (Phi) is 3.65. The molecule has 1 aliphatic rings. The van der Waals surface area contributed by atoms with Crippen LogP contribution in [0.15, 0.2) is 6.20 Å². The van der Waals surface area contributed by atoms with Gasteiger partial charge in [-0.1, -0.05) is 12.8 Å². The number of thiazole rings is 1. The molecule has 0 aromatic carbocycles. The molecular formula is C11H16ClNOS. The highest BCUT2D eigenvalue weighted by Crippen LogP contribution is 2.43. The Morgan fingerprint density at radius 1 is 1.53 bits per heavy atom. The molecule has 0 atom stereocenters. The zero-order valence-corrected chi connectivity index (χ0v) is 10.5. The van der Waals surface area contributed by atoms with Crippen molar-refractivity contribution in [1.29, 1.82) is 0 Å². The molecular weight excluding hydrogens is 230 g/mol. The van der Waals surface area contributed by atoms with Crippen molar-refractivity contribution < 1.29 is 4.74 Å². The van der Waals surface area contributed by atoms with Crippen LogP contribution in [0.3, 0.4) is 0 Å². The first kappa shape index (κ1) is 11.4. The number of hydrogen-bond donors (Lipinski definition) is 0. The molecule has 1 fully saturated rings. The molecule has 1 saturated carbocycles. The minimum atomic E-state index is -0.0935. The Bertz CT molecular complexity index is 320. The number of ether oxygens (including phenoxy) is 1. The minimum absolute atomic E-state index is 0.0935. The fraction of sp³-hybridized carbons (Fsp3) is 0.727. The van der Waals surface area contributed by atoms with Gasteiger partial charge in [-0.3, -0.25) is 0 Å². The molecule has 1 aliphatic carbocycles. The lowest BCUT2D eigenvalue weighted by molar-refractivity contribution is -0.0391. The van der Waals surface area contributed by atoms with Crippen LogP contribution in [0.1, 0.15) is 42.5 Å². The molecule has 0 bridgehead atoms. The maximum absolute atomic E-state index is 5.94. The van der Waals surface area contributed by atoms with E-state index in [1.54, 1.807) is 11.3 Å². The second-order valence-corrected chi connectivity index (χ2v) is 5.28. The van der Waals surface area contributed by atoms with Gasteiger partial charge >= 0.3 is 0 Å². The van der Waals surface area contributed by atoms with Crippen LogP contribution < -0.4 is 0 Å². The molecule has 0 amide bonds. The summed E-state index contributed by atoms with van der Waals surface area (Å²) in [6, 6.07) is 0. The van der Waals surface area contributed by atoms with Crippen molar-refractivity contribution in [3.05, 3.63) is 16.1 Å². The molecule has 2 nitrogen and oxygen atoms in total. The molecule has 84 valence electrons. The summed E-state index contributed by atoms with van der Waals surface area (Å²) >= 11 is 7.50. The van der Waals surface area contributed by atoms with Gasteiger partial charge in [0.2, 0.25) is 0 Å². The van der Waals surface area contributed by atoms with Gasteiger partial charge in [0.1, 0.15) is 10.6 Å². The summed E-state index contributed by atoms with van der Waals surface area (Å²) < 4.78 is 5.94. The normalized spacial score (nSPS) is 19.6. The van der Waals surface area contributed by atoms with Crippen LogP contribution in [0.25, 0.3) is 0 Å². The maximum atomic E-state index is 5.94. The van der Waals surface area contributed by atoms with Gasteiger partial charge < -0.3 is 4.74 Å². The van der Waals surface area contributed by atoms with Crippen molar-refractivity contribution >= 4 is 22.9 Å². The number of hydrogen-bond acceptors (Lipinski definition) is 3. The van der Waals surface area contributed by atoms with Gasteiger partial charge in [0, 0.05) is 17.7 Å². The highest BCUT2D eigenvalue weighted by atomic mass is 35.5. The van der Waals surface area contributed by atoms with Crippen molar-refractivity contribution in [3.8, 4) is 0 Å². The fourth-order valence-electron chi connectivity index (χ4n) is 2.22. The van der Waals surface area contributed by atoms with E-state index in [-0.39, 0.29) is 5.60 Å². The van der Waals surface area contributed by atoms with E-state index in [0.717, 1.165) is 29.3 Å². The van der Waals surface area contributed by atoms with Crippen LogP contribution >= 0.6 is 22.9 Å². The molecule has 4 heteroatoms. The molecule has 0 unspecified atom stereocenters. The molecule has 1 aromatic heterocycles. The van der Waals surface area contributed by atoms with Crippen molar-refractivity contribution in [2.75, 3.05) is 6.61 Å². The number of alkyl halides is 1. The summed E-state index contributed by atoms with van der Waals surface area (Å²) in [6.07, 6.45) is 6.59.